The van der Waals surface area contributed by atoms with Crippen LogP contribution in [0.4, 0.5) is 0 Å². The molecule has 0 saturated carbocycles. The van der Waals surface area contributed by atoms with E-state index in [1.165, 1.54) is 83.5 Å². The Labute approximate surface area is 456 Å². The Bertz CT molecular complexity index is 1550. The summed E-state index contributed by atoms with van der Waals surface area (Å²) in [4.78, 5) is 38.2. The number of esters is 3. The van der Waals surface area contributed by atoms with Crippen LogP contribution in [-0.4, -0.2) is 37.2 Å². The van der Waals surface area contributed by atoms with E-state index >= 15 is 0 Å². The molecule has 0 rings (SSSR count). The highest BCUT2D eigenvalue weighted by Crippen LogP contribution is 2.14. The SMILES string of the molecule is CC/C=C\C/C=C\C/C=C\C/C=C\C/C=C\C/C=C\CCCCCCC(=O)OCC(COC(=O)CCCCCCC/C=C\CCCCC)OC(=O)CCCCCCCC/C=C\C/C=C\C/C=C\CCCCCCC. The molecule has 0 fully saturated rings. The lowest BCUT2D eigenvalue weighted by Gasteiger charge is -2.18. The van der Waals surface area contributed by atoms with Crippen LogP contribution < -0.4 is 0 Å². The zero-order valence-corrected chi connectivity index (χ0v) is 48.1. The minimum Gasteiger partial charge on any atom is -0.462 e. The lowest BCUT2D eigenvalue weighted by atomic mass is 10.1. The molecule has 0 aliphatic rings. The quantitative estimate of drug-likeness (QED) is 0.0261. The second-order valence-corrected chi connectivity index (χ2v) is 19.9. The van der Waals surface area contributed by atoms with Crippen molar-refractivity contribution in [2.45, 2.75) is 277 Å². The van der Waals surface area contributed by atoms with Crippen LogP contribution in [0, 0.1) is 0 Å². The fourth-order valence-electron chi connectivity index (χ4n) is 8.09. The molecular formula is C68H112O6. The van der Waals surface area contributed by atoms with Gasteiger partial charge in [-0.3, -0.25) is 14.4 Å². The van der Waals surface area contributed by atoms with Gasteiger partial charge >= 0.3 is 17.9 Å². The molecule has 6 nitrogen and oxygen atoms in total. The number of ether oxygens (including phenoxy) is 3. The average Bonchev–Trinajstić information content (AvgIpc) is 3.40. The van der Waals surface area contributed by atoms with E-state index in [0.717, 1.165) is 148 Å². The van der Waals surface area contributed by atoms with E-state index in [2.05, 4.69) is 142 Å². The number of carbonyl (C=O) groups is 3. The highest BCUT2D eigenvalue weighted by Gasteiger charge is 2.19. The van der Waals surface area contributed by atoms with Gasteiger partial charge in [0.05, 0.1) is 0 Å². The first-order valence-electron chi connectivity index (χ1n) is 30.5. The molecule has 0 aliphatic heterocycles. The van der Waals surface area contributed by atoms with Crippen LogP contribution in [0.25, 0.3) is 0 Å². The summed E-state index contributed by atoms with van der Waals surface area (Å²) in [5.74, 6) is -0.945. The zero-order valence-electron chi connectivity index (χ0n) is 48.1. The van der Waals surface area contributed by atoms with Gasteiger partial charge in [0.2, 0.25) is 0 Å². The van der Waals surface area contributed by atoms with Gasteiger partial charge in [-0.25, -0.2) is 0 Å². The lowest BCUT2D eigenvalue weighted by molar-refractivity contribution is -0.167. The first kappa shape index (κ1) is 69.8. The van der Waals surface area contributed by atoms with E-state index in [1.54, 1.807) is 0 Å². The van der Waals surface area contributed by atoms with Crippen molar-refractivity contribution in [3.63, 3.8) is 0 Å². The Morgan fingerprint density at radius 1 is 0.284 bits per heavy atom. The average molecular weight is 1030 g/mol. The molecule has 0 aromatic heterocycles. The van der Waals surface area contributed by atoms with Gasteiger partial charge in [-0.05, 0) is 135 Å². The third-order valence-corrected chi connectivity index (χ3v) is 12.7. The fourth-order valence-corrected chi connectivity index (χ4v) is 8.09. The topological polar surface area (TPSA) is 78.9 Å². The number of rotatable bonds is 54. The molecule has 0 radical (unpaired) electrons. The molecule has 0 amide bonds. The molecule has 0 spiro atoms. The van der Waals surface area contributed by atoms with E-state index in [9.17, 15) is 14.4 Å². The number of unbranched alkanes of at least 4 members (excludes halogenated alkanes) is 23. The molecule has 0 aromatic carbocycles. The Hall–Kier alpha value is -4.19. The lowest BCUT2D eigenvalue weighted by Crippen LogP contribution is -2.30. The first-order chi connectivity index (χ1) is 36.5. The van der Waals surface area contributed by atoms with Crippen LogP contribution in [-0.2, 0) is 28.6 Å². The van der Waals surface area contributed by atoms with Gasteiger partial charge in [-0.2, -0.15) is 0 Å². The third kappa shape index (κ3) is 58.7. The fraction of sp³-hybridized carbons (Fsp3) is 0.662. The highest BCUT2D eigenvalue weighted by molar-refractivity contribution is 5.71. The third-order valence-electron chi connectivity index (χ3n) is 12.7. The Morgan fingerprint density at radius 2 is 0.527 bits per heavy atom. The number of hydrogen-bond acceptors (Lipinski definition) is 6. The summed E-state index contributed by atoms with van der Waals surface area (Å²) in [5.41, 5.74) is 0. The summed E-state index contributed by atoms with van der Waals surface area (Å²) in [6, 6.07) is 0. The minimum absolute atomic E-state index is 0.0988. The summed E-state index contributed by atoms with van der Waals surface area (Å²) in [5, 5.41) is 0. The van der Waals surface area contributed by atoms with Crippen molar-refractivity contribution in [3.05, 3.63) is 122 Å². The zero-order chi connectivity index (χ0) is 53.6. The molecule has 0 aromatic rings. The number of hydrogen-bond donors (Lipinski definition) is 0. The van der Waals surface area contributed by atoms with Crippen LogP contribution in [0.15, 0.2) is 122 Å². The minimum atomic E-state index is -0.804. The summed E-state index contributed by atoms with van der Waals surface area (Å²) >= 11 is 0. The second-order valence-electron chi connectivity index (χ2n) is 19.9. The van der Waals surface area contributed by atoms with E-state index in [-0.39, 0.29) is 31.1 Å². The van der Waals surface area contributed by atoms with Gasteiger partial charge in [0.15, 0.2) is 6.10 Å². The maximum atomic E-state index is 12.9. The normalized spacial score (nSPS) is 13.0. The van der Waals surface area contributed by atoms with Crippen molar-refractivity contribution in [1.82, 2.24) is 0 Å². The van der Waals surface area contributed by atoms with Crippen LogP contribution >= 0.6 is 0 Å². The Morgan fingerprint density at radius 3 is 0.865 bits per heavy atom. The molecule has 420 valence electrons. The molecular weight excluding hydrogens is 913 g/mol. The molecule has 0 saturated heterocycles. The van der Waals surface area contributed by atoms with Crippen molar-refractivity contribution < 1.29 is 28.6 Å². The van der Waals surface area contributed by atoms with Gasteiger partial charge in [-0.15, -0.1) is 0 Å². The van der Waals surface area contributed by atoms with Gasteiger partial charge in [-0.1, -0.05) is 239 Å². The predicted octanol–water partition coefficient (Wildman–Crippen LogP) is 20.8. The standard InChI is InChI=1S/C68H112O6/c1-4-7-10-13-16-19-22-25-27-29-31-33-34-36-37-39-41-43-46-49-52-55-58-61-67(70)73-64-65(63-72-66(69)60-57-54-51-48-45-24-21-18-15-12-9-6-3)74-68(71)62-59-56-53-50-47-44-42-40-38-35-32-30-28-26-23-20-17-14-11-8-5-2/h7,10,16,18-19,21,23,25-27,30-33,36-38,40-41,43,65H,4-6,8-9,11-15,17,20,22,24,28-29,34-35,39,42,44-64H2,1-3H3/b10-7-,19-16-,21-18-,26-23-,27-25-,32-30-,33-31-,37-36-,40-38-,43-41-. The van der Waals surface area contributed by atoms with E-state index in [0.29, 0.717) is 19.3 Å². The van der Waals surface area contributed by atoms with Crippen molar-refractivity contribution in [2.75, 3.05) is 13.2 Å². The molecule has 0 aliphatic carbocycles. The Kier molecular flexibility index (Phi) is 57.9. The molecule has 1 unspecified atom stereocenters. The van der Waals surface area contributed by atoms with Crippen LogP contribution in [0.2, 0.25) is 0 Å². The smallest absolute Gasteiger partial charge is 0.306 e. The summed E-state index contributed by atoms with van der Waals surface area (Å²) in [6.45, 7) is 6.45. The van der Waals surface area contributed by atoms with Crippen LogP contribution in [0.3, 0.4) is 0 Å². The van der Waals surface area contributed by atoms with Crippen molar-refractivity contribution in [3.8, 4) is 0 Å². The van der Waals surface area contributed by atoms with E-state index in [1.807, 2.05) is 0 Å². The predicted molar refractivity (Wildman–Crippen MR) is 320 cm³/mol. The molecule has 0 N–H and O–H groups in total. The van der Waals surface area contributed by atoms with E-state index < -0.39 is 6.10 Å². The summed E-state index contributed by atoms with van der Waals surface area (Å²) in [6.07, 6.45) is 84.7. The second kappa shape index (κ2) is 61.4. The largest absolute Gasteiger partial charge is 0.462 e. The van der Waals surface area contributed by atoms with Crippen LogP contribution in [0.1, 0.15) is 271 Å². The molecule has 6 heteroatoms. The summed E-state index contributed by atoms with van der Waals surface area (Å²) in [7, 11) is 0. The van der Waals surface area contributed by atoms with Gasteiger partial charge in [0, 0.05) is 19.3 Å². The van der Waals surface area contributed by atoms with Gasteiger partial charge < -0.3 is 14.2 Å². The van der Waals surface area contributed by atoms with Crippen molar-refractivity contribution in [2.24, 2.45) is 0 Å². The maximum Gasteiger partial charge on any atom is 0.306 e. The number of carbonyl (C=O) groups excluding carboxylic acids is 3. The van der Waals surface area contributed by atoms with Gasteiger partial charge in [0.1, 0.15) is 13.2 Å². The number of allylic oxidation sites excluding steroid dienone is 20. The molecule has 0 bridgehead atoms. The van der Waals surface area contributed by atoms with E-state index in [4.69, 9.17) is 14.2 Å². The Balaban J connectivity index is 4.44. The molecule has 1 atom stereocenters. The summed E-state index contributed by atoms with van der Waals surface area (Å²) < 4.78 is 16.9. The van der Waals surface area contributed by atoms with Crippen molar-refractivity contribution in [1.29, 1.82) is 0 Å². The molecule has 74 heavy (non-hydrogen) atoms. The maximum absolute atomic E-state index is 12.9. The first-order valence-corrected chi connectivity index (χ1v) is 30.5. The van der Waals surface area contributed by atoms with Crippen molar-refractivity contribution >= 4 is 17.9 Å². The highest BCUT2D eigenvalue weighted by atomic mass is 16.6. The monoisotopic (exact) mass is 1020 g/mol. The van der Waals surface area contributed by atoms with Gasteiger partial charge in [0.25, 0.3) is 0 Å². The van der Waals surface area contributed by atoms with Crippen LogP contribution in [0.5, 0.6) is 0 Å². The molecule has 0 heterocycles.